The first-order valence-electron chi connectivity index (χ1n) is 5.18. The van der Waals surface area contributed by atoms with Crippen LogP contribution in [-0.4, -0.2) is 6.54 Å². The molecule has 0 unspecified atom stereocenters. The van der Waals surface area contributed by atoms with E-state index in [1.807, 2.05) is 0 Å². The zero-order chi connectivity index (χ0) is 13.9. The first-order chi connectivity index (χ1) is 8.43. The van der Waals surface area contributed by atoms with Crippen LogP contribution in [0.25, 0.3) is 0 Å². The number of rotatable bonds is 3. The van der Waals surface area contributed by atoms with Gasteiger partial charge in [0.1, 0.15) is 29.0 Å². The maximum atomic E-state index is 13.8. The Balaban J connectivity index is 3.42. The van der Waals surface area contributed by atoms with Gasteiger partial charge in [-0.25, -0.2) is 13.2 Å². The molecule has 0 heterocycles. The van der Waals surface area contributed by atoms with E-state index >= 15 is 0 Å². The Labute approximate surface area is 102 Å². The number of nitrogens with one attached hydrogen (secondary N) is 1. The van der Waals surface area contributed by atoms with Gasteiger partial charge in [0.2, 0.25) is 0 Å². The molecule has 6 heteroatoms. The van der Waals surface area contributed by atoms with E-state index in [0.717, 1.165) is 0 Å². The third kappa shape index (κ3) is 2.38. The van der Waals surface area contributed by atoms with Crippen molar-refractivity contribution >= 4 is 5.69 Å². The minimum Gasteiger partial charge on any atom is -0.380 e. The maximum Gasteiger partial charge on any atom is 0.186 e. The highest BCUT2D eigenvalue weighted by Crippen LogP contribution is 2.28. The van der Waals surface area contributed by atoms with Gasteiger partial charge in [-0.2, -0.15) is 10.5 Å². The summed E-state index contributed by atoms with van der Waals surface area (Å²) >= 11 is 0. The average Bonchev–Trinajstić information content (AvgIpc) is 2.32. The average molecular weight is 253 g/mol. The predicted octanol–water partition coefficient (Wildman–Crippen LogP) is 2.92. The highest BCUT2D eigenvalue weighted by atomic mass is 19.2. The van der Waals surface area contributed by atoms with Gasteiger partial charge in [0.25, 0.3) is 0 Å². The van der Waals surface area contributed by atoms with E-state index in [9.17, 15) is 13.2 Å². The second kappa shape index (κ2) is 5.42. The van der Waals surface area contributed by atoms with Crippen molar-refractivity contribution in [1.82, 2.24) is 0 Å². The quantitative estimate of drug-likeness (QED) is 0.842. The molecule has 0 amide bonds. The molecule has 0 saturated carbocycles. The molecule has 1 rings (SSSR count). The summed E-state index contributed by atoms with van der Waals surface area (Å²) in [6.07, 6.45) is 0. The molecule has 1 N–H and O–H groups in total. The standard InChI is InChI=1S/C12H10F3N3/c1-6(2)5-18-12-10(14)8(4-17)7(3-16)9(13)11(12)15/h6,18H,5H2,1-2H3. The Morgan fingerprint density at radius 2 is 1.50 bits per heavy atom. The van der Waals surface area contributed by atoms with Crippen molar-refractivity contribution < 1.29 is 13.2 Å². The third-order valence-corrected chi connectivity index (χ3v) is 2.23. The molecule has 0 aliphatic heterocycles. The summed E-state index contributed by atoms with van der Waals surface area (Å²) in [6.45, 7) is 3.81. The zero-order valence-corrected chi connectivity index (χ0v) is 9.81. The van der Waals surface area contributed by atoms with Crippen LogP contribution in [-0.2, 0) is 0 Å². The molecule has 0 aromatic heterocycles. The topological polar surface area (TPSA) is 59.6 Å². The van der Waals surface area contributed by atoms with Crippen LogP contribution in [0, 0.1) is 46.0 Å². The van der Waals surface area contributed by atoms with Crippen LogP contribution >= 0.6 is 0 Å². The van der Waals surface area contributed by atoms with E-state index in [4.69, 9.17) is 10.5 Å². The molecule has 0 aliphatic carbocycles. The number of halogens is 3. The van der Waals surface area contributed by atoms with Gasteiger partial charge in [-0.3, -0.25) is 0 Å². The molecule has 94 valence electrons. The van der Waals surface area contributed by atoms with Crippen molar-refractivity contribution in [2.45, 2.75) is 13.8 Å². The van der Waals surface area contributed by atoms with Gasteiger partial charge in [0.05, 0.1) is 0 Å². The van der Waals surface area contributed by atoms with Gasteiger partial charge >= 0.3 is 0 Å². The summed E-state index contributed by atoms with van der Waals surface area (Å²) in [7, 11) is 0. The SMILES string of the molecule is CC(C)CNc1c(F)c(F)c(C#N)c(C#N)c1F. The Morgan fingerprint density at radius 1 is 1.00 bits per heavy atom. The van der Waals surface area contributed by atoms with Crippen LogP contribution < -0.4 is 5.32 Å². The predicted molar refractivity (Wildman–Crippen MR) is 59.1 cm³/mol. The van der Waals surface area contributed by atoms with Gasteiger partial charge in [0, 0.05) is 6.54 Å². The normalized spacial score (nSPS) is 10.0. The van der Waals surface area contributed by atoms with Crippen molar-refractivity contribution in [3.63, 3.8) is 0 Å². The van der Waals surface area contributed by atoms with E-state index in [1.165, 1.54) is 12.1 Å². The number of hydrogen-bond acceptors (Lipinski definition) is 3. The van der Waals surface area contributed by atoms with Crippen molar-refractivity contribution in [3.8, 4) is 12.1 Å². The molecule has 0 spiro atoms. The highest BCUT2D eigenvalue weighted by Gasteiger charge is 2.24. The van der Waals surface area contributed by atoms with E-state index in [-0.39, 0.29) is 12.5 Å². The van der Waals surface area contributed by atoms with Gasteiger partial charge < -0.3 is 5.32 Å². The lowest BCUT2D eigenvalue weighted by atomic mass is 10.1. The number of benzene rings is 1. The molecule has 1 aromatic rings. The number of anilines is 1. The largest absolute Gasteiger partial charge is 0.380 e. The van der Waals surface area contributed by atoms with E-state index < -0.39 is 34.3 Å². The lowest BCUT2D eigenvalue weighted by Gasteiger charge is -2.13. The second-order valence-corrected chi connectivity index (χ2v) is 4.07. The van der Waals surface area contributed by atoms with Gasteiger partial charge in [-0.05, 0) is 5.92 Å². The molecule has 0 bridgehead atoms. The molecule has 0 atom stereocenters. The molecule has 18 heavy (non-hydrogen) atoms. The fourth-order valence-corrected chi connectivity index (χ4v) is 1.33. The van der Waals surface area contributed by atoms with Crippen molar-refractivity contribution in [2.24, 2.45) is 5.92 Å². The first kappa shape index (κ1) is 13.9. The summed E-state index contributed by atoms with van der Waals surface area (Å²) in [4.78, 5) is 0. The van der Waals surface area contributed by atoms with Gasteiger partial charge in [0.15, 0.2) is 17.5 Å². The van der Waals surface area contributed by atoms with Crippen LogP contribution in [0.4, 0.5) is 18.9 Å². The van der Waals surface area contributed by atoms with Crippen LogP contribution in [0.2, 0.25) is 0 Å². The van der Waals surface area contributed by atoms with E-state index in [1.54, 1.807) is 13.8 Å². The van der Waals surface area contributed by atoms with Crippen LogP contribution in [0.15, 0.2) is 0 Å². The number of nitriles is 2. The second-order valence-electron chi connectivity index (χ2n) is 4.07. The molecule has 0 fully saturated rings. The van der Waals surface area contributed by atoms with Crippen LogP contribution in [0.3, 0.4) is 0 Å². The fourth-order valence-electron chi connectivity index (χ4n) is 1.33. The molecular weight excluding hydrogens is 243 g/mol. The lowest BCUT2D eigenvalue weighted by molar-refractivity contribution is 0.493. The smallest absolute Gasteiger partial charge is 0.186 e. The minimum absolute atomic E-state index is 0.0769. The summed E-state index contributed by atoms with van der Waals surface area (Å²) < 4.78 is 40.8. The highest BCUT2D eigenvalue weighted by molar-refractivity contribution is 5.59. The zero-order valence-electron chi connectivity index (χ0n) is 9.81. The molecule has 0 saturated heterocycles. The third-order valence-electron chi connectivity index (χ3n) is 2.23. The molecule has 3 nitrogen and oxygen atoms in total. The number of nitrogens with zero attached hydrogens (tertiary/aromatic N) is 2. The molecular formula is C12H10F3N3. The Kier molecular flexibility index (Phi) is 4.17. The summed E-state index contributed by atoms with van der Waals surface area (Å²) in [5, 5.41) is 19.7. The molecule has 0 aliphatic rings. The van der Waals surface area contributed by atoms with Crippen molar-refractivity contribution in [1.29, 1.82) is 10.5 Å². The number of hydrogen-bond donors (Lipinski definition) is 1. The van der Waals surface area contributed by atoms with Crippen molar-refractivity contribution in [3.05, 3.63) is 28.6 Å². The van der Waals surface area contributed by atoms with Gasteiger partial charge in [-0.1, -0.05) is 13.8 Å². The van der Waals surface area contributed by atoms with Gasteiger partial charge in [-0.15, -0.1) is 0 Å². The van der Waals surface area contributed by atoms with E-state index in [0.29, 0.717) is 0 Å². The monoisotopic (exact) mass is 253 g/mol. The molecule has 0 radical (unpaired) electrons. The Hall–Kier alpha value is -2.21. The van der Waals surface area contributed by atoms with E-state index in [2.05, 4.69) is 5.32 Å². The molecule has 1 aromatic carbocycles. The Bertz CT molecular complexity index is 553. The fraction of sp³-hybridized carbons (Fsp3) is 0.333. The summed E-state index contributed by atoms with van der Waals surface area (Å²) in [5.41, 5.74) is -2.41. The first-order valence-corrected chi connectivity index (χ1v) is 5.18. The Morgan fingerprint density at radius 3 is 1.94 bits per heavy atom. The van der Waals surface area contributed by atoms with Crippen LogP contribution in [0.1, 0.15) is 25.0 Å². The maximum absolute atomic E-state index is 13.8. The minimum atomic E-state index is -1.51. The summed E-state index contributed by atoms with van der Waals surface area (Å²) in [5.74, 6) is -4.16. The summed E-state index contributed by atoms with van der Waals surface area (Å²) in [6, 6.07) is 2.65. The lowest BCUT2D eigenvalue weighted by Crippen LogP contribution is -2.13. The van der Waals surface area contributed by atoms with Crippen molar-refractivity contribution in [2.75, 3.05) is 11.9 Å². The van der Waals surface area contributed by atoms with Crippen LogP contribution in [0.5, 0.6) is 0 Å².